The van der Waals surface area contributed by atoms with Crippen LogP contribution in [0.15, 0.2) is 23.1 Å². The Bertz CT molecular complexity index is 514. The minimum Gasteiger partial charge on any atom is -0.282 e. The fourth-order valence-corrected chi connectivity index (χ4v) is 1.87. The van der Waals surface area contributed by atoms with Crippen LogP contribution in [0.4, 0.5) is 13.6 Å². The third-order valence-corrected chi connectivity index (χ3v) is 2.72. The molecule has 1 aromatic carbocycles. The first kappa shape index (κ1) is 10.8. The average Bonchev–Trinajstić information content (AvgIpc) is 2.53. The second kappa shape index (κ2) is 4.05. The van der Waals surface area contributed by atoms with Crippen molar-refractivity contribution in [2.75, 3.05) is 0 Å². The summed E-state index contributed by atoms with van der Waals surface area (Å²) in [5, 5.41) is 1.50. The number of nitrogens with one attached hydrogen (secondary N) is 1. The van der Waals surface area contributed by atoms with Gasteiger partial charge < -0.3 is 0 Å². The van der Waals surface area contributed by atoms with E-state index in [-0.39, 0.29) is 10.5 Å². The summed E-state index contributed by atoms with van der Waals surface area (Å²) < 4.78 is 26.1. The lowest BCUT2D eigenvalue weighted by Gasteiger charge is -1.98. The molecule has 0 unspecified atom stereocenters. The van der Waals surface area contributed by atoms with Gasteiger partial charge in [-0.15, -0.1) is 0 Å². The van der Waals surface area contributed by atoms with Crippen molar-refractivity contribution >= 4 is 29.0 Å². The Balaban J connectivity index is 2.40. The van der Waals surface area contributed by atoms with Crippen LogP contribution in [-0.2, 0) is 4.79 Å². The normalized spacial score (nSPS) is 18.0. The fraction of sp³-hybridized carbons (Fsp3) is 0. The number of rotatable bonds is 1. The third kappa shape index (κ3) is 1.96. The zero-order valence-corrected chi connectivity index (χ0v) is 8.61. The van der Waals surface area contributed by atoms with E-state index in [0.29, 0.717) is 11.8 Å². The van der Waals surface area contributed by atoms with Gasteiger partial charge >= 0.3 is 0 Å². The molecular weight excluding hydrogens is 236 g/mol. The summed E-state index contributed by atoms with van der Waals surface area (Å²) >= 11 is 0.655. The van der Waals surface area contributed by atoms with Crippen LogP contribution >= 0.6 is 11.8 Å². The first-order valence-corrected chi connectivity index (χ1v) is 5.08. The highest BCUT2D eigenvalue weighted by molar-refractivity contribution is 8.18. The molecule has 1 saturated heterocycles. The van der Waals surface area contributed by atoms with Gasteiger partial charge in [-0.2, -0.15) is 0 Å². The molecule has 1 aromatic rings. The monoisotopic (exact) mass is 241 g/mol. The SMILES string of the molecule is O=C1NC(=O)C(=Cc2cccc(F)c2F)S1. The minimum absolute atomic E-state index is 0.0505. The van der Waals surface area contributed by atoms with Gasteiger partial charge in [0.25, 0.3) is 11.1 Å². The molecule has 1 N–H and O–H groups in total. The number of halogens is 2. The molecule has 1 aliphatic heterocycles. The molecule has 0 bridgehead atoms. The summed E-state index contributed by atoms with van der Waals surface area (Å²) in [6, 6.07) is 3.62. The van der Waals surface area contributed by atoms with Crippen molar-refractivity contribution in [3.63, 3.8) is 0 Å². The van der Waals surface area contributed by atoms with Crippen molar-refractivity contribution in [1.82, 2.24) is 5.32 Å². The second-order valence-corrected chi connectivity index (χ2v) is 4.01. The highest BCUT2D eigenvalue weighted by Gasteiger charge is 2.25. The number of benzene rings is 1. The average molecular weight is 241 g/mol. The molecule has 6 heteroatoms. The maximum Gasteiger partial charge on any atom is 0.290 e. The van der Waals surface area contributed by atoms with Crippen LogP contribution in [0.25, 0.3) is 6.08 Å². The zero-order valence-electron chi connectivity index (χ0n) is 7.79. The number of hydrogen-bond acceptors (Lipinski definition) is 3. The largest absolute Gasteiger partial charge is 0.290 e. The Morgan fingerprint density at radius 2 is 2.00 bits per heavy atom. The van der Waals surface area contributed by atoms with Crippen molar-refractivity contribution in [3.8, 4) is 0 Å². The quantitative estimate of drug-likeness (QED) is 0.767. The maximum absolute atomic E-state index is 13.2. The molecule has 82 valence electrons. The van der Waals surface area contributed by atoms with E-state index in [2.05, 4.69) is 0 Å². The van der Waals surface area contributed by atoms with Crippen LogP contribution in [0.1, 0.15) is 5.56 Å². The molecule has 2 rings (SSSR count). The predicted molar refractivity (Wildman–Crippen MR) is 55.5 cm³/mol. The topological polar surface area (TPSA) is 46.2 Å². The minimum atomic E-state index is -1.04. The van der Waals surface area contributed by atoms with Crippen LogP contribution in [0.3, 0.4) is 0 Å². The molecule has 1 aliphatic rings. The van der Waals surface area contributed by atoms with Crippen LogP contribution in [0.2, 0.25) is 0 Å². The smallest absolute Gasteiger partial charge is 0.282 e. The van der Waals surface area contributed by atoms with Crippen LogP contribution in [0, 0.1) is 11.6 Å². The lowest BCUT2D eigenvalue weighted by molar-refractivity contribution is -0.115. The van der Waals surface area contributed by atoms with Crippen molar-refractivity contribution in [1.29, 1.82) is 0 Å². The van der Waals surface area contributed by atoms with Crippen molar-refractivity contribution in [3.05, 3.63) is 40.3 Å². The highest BCUT2D eigenvalue weighted by Crippen LogP contribution is 2.26. The van der Waals surface area contributed by atoms with Crippen LogP contribution in [-0.4, -0.2) is 11.1 Å². The number of imide groups is 1. The predicted octanol–water partition coefficient (Wildman–Crippen LogP) is 2.29. The molecule has 0 atom stereocenters. The summed E-state index contributed by atoms with van der Waals surface area (Å²) in [6.45, 7) is 0. The van der Waals surface area contributed by atoms with Gasteiger partial charge in [-0.3, -0.25) is 14.9 Å². The molecule has 0 aliphatic carbocycles. The second-order valence-electron chi connectivity index (χ2n) is 3.00. The van der Waals surface area contributed by atoms with Gasteiger partial charge in [-0.25, -0.2) is 8.78 Å². The lowest BCUT2D eigenvalue weighted by atomic mass is 10.2. The number of carbonyl (C=O) groups excluding carboxylic acids is 2. The van der Waals surface area contributed by atoms with E-state index in [1.807, 2.05) is 5.32 Å². The van der Waals surface area contributed by atoms with Crippen LogP contribution < -0.4 is 5.32 Å². The highest BCUT2D eigenvalue weighted by atomic mass is 32.2. The number of amides is 2. The molecule has 0 radical (unpaired) electrons. The zero-order chi connectivity index (χ0) is 11.7. The van der Waals surface area contributed by atoms with Crippen molar-refractivity contribution < 1.29 is 18.4 Å². The van der Waals surface area contributed by atoms with Gasteiger partial charge in [0.1, 0.15) is 0 Å². The number of carbonyl (C=O) groups is 2. The molecule has 1 heterocycles. The van der Waals surface area contributed by atoms with Gasteiger partial charge in [0.15, 0.2) is 11.6 Å². The molecule has 3 nitrogen and oxygen atoms in total. The Hall–Kier alpha value is -1.69. The van der Waals surface area contributed by atoms with E-state index in [1.54, 1.807) is 0 Å². The summed E-state index contributed by atoms with van der Waals surface area (Å²) in [6.07, 6.45) is 1.14. The summed E-state index contributed by atoms with van der Waals surface area (Å²) in [7, 11) is 0. The number of hydrogen-bond donors (Lipinski definition) is 1. The molecule has 1 fully saturated rings. The van der Waals surface area contributed by atoms with E-state index in [4.69, 9.17) is 0 Å². The first-order chi connectivity index (χ1) is 7.58. The van der Waals surface area contributed by atoms with Gasteiger partial charge in [0.2, 0.25) is 0 Å². The van der Waals surface area contributed by atoms with E-state index in [1.165, 1.54) is 12.1 Å². The number of thioether (sulfide) groups is 1. The molecule has 0 aromatic heterocycles. The van der Waals surface area contributed by atoms with E-state index < -0.39 is 22.8 Å². The maximum atomic E-state index is 13.2. The Morgan fingerprint density at radius 3 is 2.62 bits per heavy atom. The Morgan fingerprint density at radius 1 is 1.25 bits per heavy atom. The molecule has 0 saturated carbocycles. The fourth-order valence-electron chi connectivity index (χ4n) is 1.19. The Labute approximate surface area is 93.5 Å². The van der Waals surface area contributed by atoms with Crippen molar-refractivity contribution in [2.24, 2.45) is 0 Å². The standard InChI is InChI=1S/C10H5F2NO2S/c11-6-3-1-2-5(8(6)12)4-7-9(14)13-10(15)16-7/h1-4H,(H,13,14,15). The summed E-state index contributed by atoms with van der Waals surface area (Å²) in [5.41, 5.74) is -0.0626. The molecule has 2 amide bonds. The molecule has 0 spiro atoms. The summed E-state index contributed by atoms with van der Waals surface area (Å²) in [4.78, 5) is 22.0. The summed E-state index contributed by atoms with van der Waals surface area (Å²) in [5.74, 6) is -2.63. The van der Waals surface area contributed by atoms with Crippen LogP contribution in [0.5, 0.6) is 0 Å². The molecule has 16 heavy (non-hydrogen) atoms. The van der Waals surface area contributed by atoms with Crippen molar-refractivity contribution in [2.45, 2.75) is 0 Å². The van der Waals surface area contributed by atoms with Gasteiger partial charge in [0.05, 0.1) is 4.91 Å². The van der Waals surface area contributed by atoms with E-state index in [9.17, 15) is 18.4 Å². The van der Waals surface area contributed by atoms with Gasteiger partial charge in [-0.1, -0.05) is 12.1 Å². The molecular formula is C10H5F2NO2S. The van der Waals surface area contributed by atoms with Gasteiger partial charge in [0, 0.05) is 5.56 Å². The van der Waals surface area contributed by atoms with E-state index in [0.717, 1.165) is 12.1 Å². The first-order valence-electron chi connectivity index (χ1n) is 4.27. The third-order valence-electron chi connectivity index (χ3n) is 1.91. The lowest BCUT2D eigenvalue weighted by Crippen LogP contribution is -2.17. The van der Waals surface area contributed by atoms with Gasteiger partial charge in [-0.05, 0) is 23.9 Å². The Kier molecular flexibility index (Phi) is 2.74. The van der Waals surface area contributed by atoms with E-state index >= 15 is 0 Å².